The van der Waals surface area contributed by atoms with Crippen LogP contribution < -0.4 is 0 Å². The number of carbonyl (C=O) groups is 1. The predicted octanol–water partition coefficient (Wildman–Crippen LogP) is 3.69. The van der Waals surface area contributed by atoms with E-state index in [0.29, 0.717) is 6.42 Å². The van der Waals surface area contributed by atoms with Gasteiger partial charge in [0.1, 0.15) is 5.60 Å². The lowest BCUT2D eigenvalue weighted by atomic mass is 10.0. The van der Waals surface area contributed by atoms with E-state index >= 15 is 0 Å². The van der Waals surface area contributed by atoms with E-state index in [9.17, 15) is 13.6 Å². The lowest BCUT2D eigenvalue weighted by Gasteiger charge is -2.22. The number of esters is 1. The van der Waals surface area contributed by atoms with E-state index < -0.39 is 23.6 Å². The maximum atomic E-state index is 11.9. The summed E-state index contributed by atoms with van der Waals surface area (Å²) in [6, 6.07) is 0. The number of rotatable bonds is 5. The van der Waals surface area contributed by atoms with Crippen molar-refractivity contribution in [3.05, 3.63) is 24.8 Å². The molecule has 0 saturated heterocycles. The zero-order chi connectivity index (χ0) is 12.8. The van der Waals surface area contributed by atoms with Gasteiger partial charge in [0, 0.05) is 0 Å². The van der Waals surface area contributed by atoms with Crippen molar-refractivity contribution in [2.75, 3.05) is 0 Å². The zero-order valence-electron chi connectivity index (χ0n) is 9.93. The van der Waals surface area contributed by atoms with Crippen molar-refractivity contribution in [2.45, 2.75) is 39.2 Å². The van der Waals surface area contributed by atoms with Gasteiger partial charge < -0.3 is 4.74 Å². The summed E-state index contributed by atoms with van der Waals surface area (Å²) < 4.78 is 29.0. The third kappa shape index (κ3) is 7.15. The Bertz CT molecular complexity index is 273. The molecule has 0 N–H and O–H groups in total. The average molecular weight is 232 g/mol. The molecule has 0 aliphatic heterocycles. The van der Waals surface area contributed by atoms with Gasteiger partial charge in [-0.25, -0.2) is 0 Å². The standard InChI is InChI=1S/C12H18F2O2/c1-5-6-9(7-8-10(13)14)11(15)16-12(2,3)4/h5,8-9H,1,6-7H2,2-4H3. The van der Waals surface area contributed by atoms with Crippen LogP contribution in [-0.2, 0) is 9.53 Å². The lowest BCUT2D eigenvalue weighted by molar-refractivity contribution is -0.159. The van der Waals surface area contributed by atoms with Gasteiger partial charge in [0.25, 0.3) is 6.08 Å². The van der Waals surface area contributed by atoms with Crippen molar-refractivity contribution in [3.63, 3.8) is 0 Å². The molecule has 0 radical (unpaired) electrons. The first-order valence-electron chi connectivity index (χ1n) is 5.11. The maximum Gasteiger partial charge on any atom is 0.310 e. The molecule has 0 saturated carbocycles. The zero-order valence-corrected chi connectivity index (χ0v) is 9.93. The molecule has 0 aromatic carbocycles. The first kappa shape index (κ1) is 14.8. The molecule has 16 heavy (non-hydrogen) atoms. The van der Waals surface area contributed by atoms with E-state index in [1.807, 2.05) is 0 Å². The van der Waals surface area contributed by atoms with Crippen LogP contribution in [0.1, 0.15) is 33.6 Å². The number of hydrogen-bond donors (Lipinski definition) is 0. The second-order valence-corrected chi connectivity index (χ2v) is 4.48. The van der Waals surface area contributed by atoms with Crippen molar-refractivity contribution in [3.8, 4) is 0 Å². The predicted molar refractivity (Wildman–Crippen MR) is 59.1 cm³/mol. The Kier molecular flexibility index (Phi) is 5.93. The smallest absolute Gasteiger partial charge is 0.310 e. The van der Waals surface area contributed by atoms with Gasteiger partial charge in [-0.05, 0) is 39.7 Å². The van der Waals surface area contributed by atoms with Crippen LogP contribution in [0.4, 0.5) is 8.78 Å². The Morgan fingerprint density at radius 1 is 1.38 bits per heavy atom. The van der Waals surface area contributed by atoms with Gasteiger partial charge in [-0.1, -0.05) is 6.08 Å². The molecule has 0 aliphatic carbocycles. The number of hydrogen-bond acceptors (Lipinski definition) is 2. The van der Waals surface area contributed by atoms with Crippen LogP contribution in [0.2, 0.25) is 0 Å². The largest absolute Gasteiger partial charge is 0.460 e. The molecular weight excluding hydrogens is 214 g/mol. The highest BCUT2D eigenvalue weighted by atomic mass is 19.3. The summed E-state index contributed by atoms with van der Waals surface area (Å²) in [5.74, 6) is -1.05. The highest BCUT2D eigenvalue weighted by molar-refractivity contribution is 5.73. The molecule has 0 bridgehead atoms. The van der Waals surface area contributed by atoms with Gasteiger partial charge in [-0.15, -0.1) is 6.58 Å². The van der Waals surface area contributed by atoms with Gasteiger partial charge in [0.2, 0.25) is 0 Å². The fourth-order valence-corrected chi connectivity index (χ4v) is 1.11. The minimum atomic E-state index is -1.78. The third-order valence-electron chi connectivity index (χ3n) is 1.75. The van der Waals surface area contributed by atoms with E-state index in [2.05, 4.69) is 6.58 Å². The first-order valence-corrected chi connectivity index (χ1v) is 5.11. The van der Waals surface area contributed by atoms with E-state index in [1.165, 1.54) is 6.08 Å². The van der Waals surface area contributed by atoms with Gasteiger partial charge in [0.05, 0.1) is 5.92 Å². The molecule has 0 rings (SSSR count). The molecule has 1 unspecified atom stereocenters. The maximum absolute atomic E-state index is 11.9. The van der Waals surface area contributed by atoms with Gasteiger partial charge >= 0.3 is 5.97 Å². The molecule has 0 aromatic rings. The Balaban J connectivity index is 4.46. The highest BCUT2D eigenvalue weighted by Crippen LogP contribution is 2.18. The second-order valence-electron chi connectivity index (χ2n) is 4.48. The number of carbonyl (C=O) groups excluding carboxylic acids is 1. The number of halogens is 2. The van der Waals surface area contributed by atoms with Gasteiger partial charge in [-0.3, -0.25) is 4.79 Å². The van der Waals surface area contributed by atoms with Crippen molar-refractivity contribution in [2.24, 2.45) is 5.92 Å². The normalized spacial score (nSPS) is 12.8. The minimum Gasteiger partial charge on any atom is -0.460 e. The van der Waals surface area contributed by atoms with Crippen molar-refractivity contribution in [1.82, 2.24) is 0 Å². The molecule has 1 atom stereocenters. The summed E-state index contributed by atoms with van der Waals surface area (Å²) in [6.45, 7) is 8.70. The van der Waals surface area contributed by atoms with Crippen molar-refractivity contribution < 1.29 is 18.3 Å². The van der Waals surface area contributed by atoms with Crippen LogP contribution >= 0.6 is 0 Å². The summed E-state index contributed by atoms with van der Waals surface area (Å²) in [4.78, 5) is 11.6. The SMILES string of the molecule is C=CCC(CC=C(F)F)C(=O)OC(C)(C)C. The monoisotopic (exact) mass is 232 g/mol. The third-order valence-corrected chi connectivity index (χ3v) is 1.75. The molecule has 4 heteroatoms. The Labute approximate surface area is 95.0 Å². The topological polar surface area (TPSA) is 26.3 Å². The summed E-state index contributed by atoms with van der Waals surface area (Å²) in [5.41, 5.74) is -0.603. The van der Waals surface area contributed by atoms with Crippen LogP contribution in [0.15, 0.2) is 24.8 Å². The summed E-state index contributed by atoms with van der Waals surface area (Å²) in [6.07, 6.45) is 0.788. The first-order chi connectivity index (χ1) is 7.26. The molecule has 92 valence electrons. The van der Waals surface area contributed by atoms with Crippen LogP contribution in [0, 0.1) is 5.92 Å². The number of allylic oxidation sites excluding steroid dienone is 2. The molecule has 0 fully saturated rings. The molecule has 0 heterocycles. The van der Waals surface area contributed by atoms with Crippen molar-refractivity contribution >= 4 is 5.97 Å². The highest BCUT2D eigenvalue weighted by Gasteiger charge is 2.23. The molecule has 0 amide bonds. The van der Waals surface area contributed by atoms with Gasteiger partial charge in [0.15, 0.2) is 0 Å². The quantitative estimate of drug-likeness (QED) is 0.533. The van der Waals surface area contributed by atoms with Gasteiger partial charge in [-0.2, -0.15) is 8.78 Å². The van der Waals surface area contributed by atoms with E-state index in [0.717, 1.165) is 6.08 Å². The Morgan fingerprint density at radius 2 is 1.94 bits per heavy atom. The summed E-state index contributed by atoms with van der Waals surface area (Å²) >= 11 is 0. The number of ether oxygens (including phenoxy) is 1. The van der Waals surface area contributed by atoms with Crippen LogP contribution in [0.25, 0.3) is 0 Å². The molecule has 0 aliphatic rings. The van der Waals surface area contributed by atoms with E-state index in [1.54, 1.807) is 20.8 Å². The second kappa shape index (κ2) is 6.40. The minimum absolute atomic E-state index is 0.0245. The lowest BCUT2D eigenvalue weighted by Crippen LogP contribution is -2.28. The summed E-state index contributed by atoms with van der Waals surface area (Å²) in [5, 5.41) is 0. The van der Waals surface area contributed by atoms with Crippen molar-refractivity contribution in [1.29, 1.82) is 0 Å². The van der Waals surface area contributed by atoms with Crippen LogP contribution in [-0.4, -0.2) is 11.6 Å². The van der Waals surface area contributed by atoms with Crippen LogP contribution in [0.3, 0.4) is 0 Å². The Morgan fingerprint density at radius 3 is 2.31 bits per heavy atom. The fourth-order valence-electron chi connectivity index (χ4n) is 1.11. The van der Waals surface area contributed by atoms with E-state index in [-0.39, 0.29) is 6.42 Å². The summed E-state index contributed by atoms with van der Waals surface area (Å²) in [7, 11) is 0. The average Bonchev–Trinajstić information content (AvgIpc) is 2.08. The van der Waals surface area contributed by atoms with E-state index in [4.69, 9.17) is 4.74 Å². The van der Waals surface area contributed by atoms with Crippen LogP contribution in [0.5, 0.6) is 0 Å². The molecule has 0 spiro atoms. The fraction of sp³-hybridized carbons (Fsp3) is 0.583. The Hall–Kier alpha value is -1.19. The molecular formula is C12H18F2O2. The molecule has 2 nitrogen and oxygen atoms in total. The molecule has 0 aromatic heterocycles.